The molecule has 0 amide bonds. The van der Waals surface area contributed by atoms with Gasteiger partial charge in [-0.3, -0.25) is 4.99 Å². The number of halogens is 2. The van der Waals surface area contributed by atoms with E-state index in [1.807, 2.05) is 12.1 Å². The summed E-state index contributed by atoms with van der Waals surface area (Å²) in [6.07, 6.45) is 1.62. The maximum atomic E-state index is 11.2. The third-order valence-corrected chi connectivity index (χ3v) is 4.36. The van der Waals surface area contributed by atoms with Gasteiger partial charge in [-0.15, -0.1) is 0 Å². The minimum atomic E-state index is -0.240. The van der Waals surface area contributed by atoms with E-state index in [1.54, 1.807) is 24.4 Å². The summed E-state index contributed by atoms with van der Waals surface area (Å²) >= 11 is 4.28. The molecule has 0 radical (unpaired) electrons. The monoisotopic (exact) mass is 505 g/mol. The number of aromatic hydroxyl groups is 1. The molecule has 5 nitrogen and oxygen atoms in total. The number of aromatic nitrogens is 2. The van der Waals surface area contributed by atoms with Gasteiger partial charge in [-0.1, -0.05) is 0 Å². The van der Waals surface area contributed by atoms with Gasteiger partial charge in [-0.05, 0) is 75.5 Å². The second kappa shape index (κ2) is 5.79. The number of H-pyrrole nitrogens is 2. The van der Waals surface area contributed by atoms with E-state index in [2.05, 4.69) is 60.1 Å². The number of phenols is 1. The highest BCUT2D eigenvalue weighted by molar-refractivity contribution is 14.1. The Balaban J connectivity index is 1.99. The van der Waals surface area contributed by atoms with Gasteiger partial charge in [0.1, 0.15) is 5.75 Å². The largest absolute Gasteiger partial charge is 0.506 e. The summed E-state index contributed by atoms with van der Waals surface area (Å²) in [6, 6.07) is 9.12. The summed E-state index contributed by atoms with van der Waals surface area (Å²) in [4.78, 5) is 20.9. The summed E-state index contributed by atoms with van der Waals surface area (Å²) in [6.45, 7) is 0. The van der Waals surface area contributed by atoms with Crippen molar-refractivity contribution in [3.05, 3.63) is 53.5 Å². The Labute approximate surface area is 146 Å². The molecule has 106 valence electrons. The molecule has 1 aromatic heterocycles. The van der Waals surface area contributed by atoms with Crippen molar-refractivity contribution in [2.45, 2.75) is 0 Å². The number of nitrogens with zero attached hydrogens (tertiary/aromatic N) is 1. The van der Waals surface area contributed by atoms with Gasteiger partial charge < -0.3 is 15.1 Å². The van der Waals surface area contributed by atoms with Crippen molar-refractivity contribution in [3.8, 4) is 5.75 Å². The molecular weight excluding hydrogens is 496 g/mol. The first-order chi connectivity index (χ1) is 10.0. The third kappa shape index (κ3) is 3.12. The molecule has 0 fully saturated rings. The zero-order valence-corrected chi connectivity index (χ0v) is 14.8. The number of aromatic amines is 2. The number of hydrogen-bond acceptors (Lipinski definition) is 3. The summed E-state index contributed by atoms with van der Waals surface area (Å²) in [5, 5.41) is 10.0. The minimum absolute atomic E-state index is 0.218. The van der Waals surface area contributed by atoms with Crippen LogP contribution < -0.4 is 5.69 Å². The van der Waals surface area contributed by atoms with Crippen molar-refractivity contribution in [2.75, 3.05) is 0 Å². The summed E-state index contributed by atoms with van der Waals surface area (Å²) in [5.41, 5.74) is 2.57. The lowest BCUT2D eigenvalue weighted by molar-refractivity contribution is 0.470. The van der Waals surface area contributed by atoms with Crippen LogP contribution in [0.4, 0.5) is 5.69 Å². The molecule has 21 heavy (non-hydrogen) atoms. The van der Waals surface area contributed by atoms with E-state index in [9.17, 15) is 9.90 Å². The standard InChI is InChI=1S/C14H9I2N3O2/c15-8-3-7(13(20)10(16)4-8)6-17-9-1-2-11-12(5-9)19-14(21)18-11/h1-6,20H,(H2,18,19,21). The molecule has 3 rings (SSSR count). The second-order valence-electron chi connectivity index (χ2n) is 4.39. The van der Waals surface area contributed by atoms with Crippen LogP contribution >= 0.6 is 45.2 Å². The van der Waals surface area contributed by atoms with Crippen LogP contribution in [0.15, 0.2) is 40.1 Å². The molecule has 0 unspecified atom stereocenters. The van der Waals surface area contributed by atoms with Crippen LogP contribution in [0.3, 0.4) is 0 Å². The first kappa shape index (κ1) is 14.6. The normalized spacial score (nSPS) is 11.5. The maximum absolute atomic E-state index is 11.2. The van der Waals surface area contributed by atoms with Gasteiger partial charge in [0, 0.05) is 15.3 Å². The highest BCUT2D eigenvalue weighted by Crippen LogP contribution is 2.26. The first-order valence-electron chi connectivity index (χ1n) is 5.97. The van der Waals surface area contributed by atoms with Crippen molar-refractivity contribution < 1.29 is 5.11 Å². The number of phenolic OH excluding ortho intramolecular Hbond substituents is 1. The van der Waals surface area contributed by atoms with Crippen molar-refractivity contribution in [1.29, 1.82) is 0 Å². The van der Waals surface area contributed by atoms with E-state index < -0.39 is 0 Å². The Bertz CT molecular complexity index is 912. The number of nitrogens with one attached hydrogen (secondary N) is 2. The molecule has 0 atom stereocenters. The van der Waals surface area contributed by atoms with Crippen LogP contribution in [-0.4, -0.2) is 21.3 Å². The molecule has 0 aliphatic heterocycles. The van der Waals surface area contributed by atoms with Crippen LogP contribution in [0.2, 0.25) is 0 Å². The maximum Gasteiger partial charge on any atom is 0.323 e. The first-order valence-corrected chi connectivity index (χ1v) is 8.13. The Hall–Kier alpha value is -1.36. The minimum Gasteiger partial charge on any atom is -0.506 e. The molecule has 3 aromatic rings. The smallest absolute Gasteiger partial charge is 0.323 e. The molecule has 3 N–H and O–H groups in total. The molecule has 0 saturated heterocycles. The third-order valence-electron chi connectivity index (χ3n) is 2.91. The molecule has 0 aliphatic carbocycles. The predicted molar refractivity (Wildman–Crippen MR) is 99.7 cm³/mol. The number of benzene rings is 2. The number of hydrogen-bond donors (Lipinski definition) is 3. The summed E-state index contributed by atoms with van der Waals surface area (Å²) in [5.74, 6) is 0.218. The summed E-state index contributed by atoms with van der Waals surface area (Å²) < 4.78 is 1.81. The van der Waals surface area contributed by atoms with E-state index in [-0.39, 0.29) is 11.4 Å². The Kier molecular flexibility index (Phi) is 4.02. The van der Waals surface area contributed by atoms with Crippen molar-refractivity contribution >= 4 is 68.1 Å². The Morgan fingerprint density at radius 1 is 1.10 bits per heavy atom. The number of aliphatic imine (C=N–C) groups is 1. The average molecular weight is 505 g/mol. The fourth-order valence-corrected chi connectivity index (χ4v) is 3.82. The van der Waals surface area contributed by atoms with Crippen LogP contribution in [0, 0.1) is 7.14 Å². The van der Waals surface area contributed by atoms with Crippen LogP contribution in [0.1, 0.15) is 5.56 Å². The quantitative estimate of drug-likeness (QED) is 0.368. The predicted octanol–water partition coefficient (Wildman–Crippen LogP) is 3.52. The topological polar surface area (TPSA) is 81.2 Å². The molecule has 0 saturated carbocycles. The van der Waals surface area contributed by atoms with Gasteiger partial charge in [0.2, 0.25) is 0 Å². The molecule has 7 heteroatoms. The summed E-state index contributed by atoms with van der Waals surface area (Å²) in [7, 11) is 0. The van der Waals surface area contributed by atoms with E-state index in [4.69, 9.17) is 0 Å². The highest BCUT2D eigenvalue weighted by Gasteiger charge is 2.05. The molecule has 2 aromatic carbocycles. The highest BCUT2D eigenvalue weighted by atomic mass is 127. The Morgan fingerprint density at radius 2 is 1.86 bits per heavy atom. The van der Waals surface area contributed by atoms with Gasteiger partial charge in [-0.2, -0.15) is 0 Å². The van der Waals surface area contributed by atoms with Gasteiger partial charge in [0.15, 0.2) is 0 Å². The van der Waals surface area contributed by atoms with E-state index in [1.165, 1.54) is 0 Å². The van der Waals surface area contributed by atoms with Gasteiger partial charge >= 0.3 is 5.69 Å². The van der Waals surface area contributed by atoms with Crippen molar-refractivity contribution in [2.24, 2.45) is 4.99 Å². The van der Waals surface area contributed by atoms with Gasteiger partial charge in [0.05, 0.1) is 20.3 Å². The lowest BCUT2D eigenvalue weighted by Gasteiger charge is -2.02. The zero-order valence-electron chi connectivity index (χ0n) is 10.5. The SMILES string of the molecule is O=c1[nH]c2ccc(N=Cc3cc(I)cc(I)c3O)cc2[nH]1. The van der Waals surface area contributed by atoms with Crippen molar-refractivity contribution in [3.63, 3.8) is 0 Å². The molecule has 0 aliphatic rings. The van der Waals surface area contributed by atoms with E-state index in [0.717, 1.165) is 12.7 Å². The number of imidazole rings is 1. The van der Waals surface area contributed by atoms with Gasteiger partial charge in [-0.25, -0.2) is 4.79 Å². The van der Waals surface area contributed by atoms with E-state index >= 15 is 0 Å². The van der Waals surface area contributed by atoms with Gasteiger partial charge in [0.25, 0.3) is 0 Å². The van der Waals surface area contributed by atoms with Crippen molar-refractivity contribution in [1.82, 2.24) is 9.97 Å². The molecule has 0 spiro atoms. The van der Waals surface area contributed by atoms with Crippen LogP contribution in [0.25, 0.3) is 11.0 Å². The second-order valence-corrected chi connectivity index (χ2v) is 6.80. The Morgan fingerprint density at radius 3 is 2.67 bits per heavy atom. The molecule has 1 heterocycles. The molecule has 0 bridgehead atoms. The lowest BCUT2D eigenvalue weighted by Crippen LogP contribution is -1.99. The zero-order chi connectivity index (χ0) is 15.0. The fraction of sp³-hybridized carbons (Fsp3) is 0. The number of rotatable bonds is 2. The van der Waals surface area contributed by atoms with Crippen LogP contribution in [0.5, 0.6) is 5.75 Å². The van der Waals surface area contributed by atoms with E-state index in [0.29, 0.717) is 16.8 Å². The lowest BCUT2D eigenvalue weighted by atomic mass is 10.2. The fourth-order valence-electron chi connectivity index (χ4n) is 1.93. The number of fused-ring (bicyclic) bond motifs is 1. The molecular formula is C14H9I2N3O2. The van der Waals surface area contributed by atoms with Crippen LogP contribution in [-0.2, 0) is 0 Å². The average Bonchev–Trinajstić information content (AvgIpc) is 2.80.